The molecule has 55 heavy (non-hydrogen) atoms. The molecule has 7 amide bonds. The van der Waals surface area contributed by atoms with Gasteiger partial charge in [-0.25, -0.2) is 4.79 Å². The van der Waals surface area contributed by atoms with E-state index < -0.39 is 89.6 Å². The number of aliphatic carboxylic acids is 1. The van der Waals surface area contributed by atoms with Gasteiger partial charge < -0.3 is 42.3 Å². The lowest BCUT2D eigenvalue weighted by Crippen LogP contribution is -2.57. The number of hydrogen-bond acceptors (Lipinski definition) is 10. The summed E-state index contributed by atoms with van der Waals surface area (Å²) in [5.74, 6) is -7.76. The van der Waals surface area contributed by atoms with Crippen molar-refractivity contribution in [3.63, 3.8) is 0 Å². The highest BCUT2D eigenvalue weighted by Crippen LogP contribution is 2.34. The lowest BCUT2D eigenvalue weighted by molar-refractivity contribution is -0.150. The number of ketones is 2. The zero-order valence-electron chi connectivity index (χ0n) is 29.7. The lowest BCUT2D eigenvalue weighted by Gasteiger charge is -2.31. The Morgan fingerprint density at radius 3 is 1.82 bits per heavy atom. The van der Waals surface area contributed by atoms with E-state index in [0.717, 1.165) is 4.90 Å². The third-order valence-electron chi connectivity index (χ3n) is 9.87. The molecule has 2 saturated heterocycles. The standard InChI is InChI=1S/C37H41N7O11/c38-28(45)13-11-24(41-30(47)18-40-33(50)19-9-10-22-23(17-19)20-5-1-2-6-21(20)31(48)32(22)49)35(52)43-15-3-7-26(43)34(51)42-25(12-14-29(39)46)36(53)44-16-4-8-27(44)37(54)55/h1-2,5-6,9-10,17,24-27H,3-4,7-8,11-16,18H2,(H2,38,45)(H2,39,46)(H,40,50)(H,41,47)(H,42,51)(H,54,55)/t24-,25-,26-,27-/m0/s1. The second-order valence-corrected chi connectivity index (χ2v) is 13.6. The van der Waals surface area contributed by atoms with E-state index in [-0.39, 0.29) is 68.3 Å². The van der Waals surface area contributed by atoms with Crippen LogP contribution in [0.3, 0.4) is 0 Å². The molecule has 2 heterocycles. The van der Waals surface area contributed by atoms with Crippen LogP contribution in [0.25, 0.3) is 11.1 Å². The Hall–Kier alpha value is -6.46. The average molecular weight is 760 g/mol. The fourth-order valence-corrected chi connectivity index (χ4v) is 7.12. The molecule has 2 aliphatic heterocycles. The Morgan fingerprint density at radius 2 is 1.24 bits per heavy atom. The monoisotopic (exact) mass is 759 g/mol. The Labute approximate surface area is 314 Å². The summed E-state index contributed by atoms with van der Waals surface area (Å²) >= 11 is 0. The van der Waals surface area contributed by atoms with Gasteiger partial charge in [-0.3, -0.25) is 43.2 Å². The fourth-order valence-electron chi connectivity index (χ4n) is 7.12. The number of carboxylic acids is 1. The number of likely N-dealkylation sites (tertiary alicyclic amines) is 2. The van der Waals surface area contributed by atoms with E-state index in [1.807, 2.05) is 0 Å². The molecule has 1 aliphatic carbocycles. The Kier molecular flexibility index (Phi) is 12.4. The summed E-state index contributed by atoms with van der Waals surface area (Å²) in [6, 6.07) is 5.73. The Balaban J connectivity index is 1.25. The highest BCUT2D eigenvalue weighted by atomic mass is 16.4. The van der Waals surface area contributed by atoms with Crippen LogP contribution in [0.4, 0.5) is 0 Å². The summed E-state index contributed by atoms with van der Waals surface area (Å²) < 4.78 is 0. The number of rotatable bonds is 15. The van der Waals surface area contributed by atoms with E-state index >= 15 is 0 Å². The highest BCUT2D eigenvalue weighted by molar-refractivity contribution is 6.53. The molecule has 0 saturated carbocycles. The number of benzene rings is 2. The number of amides is 7. The predicted molar refractivity (Wildman–Crippen MR) is 191 cm³/mol. The molecule has 290 valence electrons. The van der Waals surface area contributed by atoms with E-state index in [2.05, 4.69) is 16.0 Å². The molecular weight excluding hydrogens is 718 g/mol. The van der Waals surface area contributed by atoms with Gasteiger partial charge in [0.25, 0.3) is 5.91 Å². The number of nitrogens with zero attached hydrogens (tertiary/aromatic N) is 2. The maximum absolute atomic E-state index is 13.9. The van der Waals surface area contributed by atoms with Crippen LogP contribution in [-0.4, -0.2) is 118 Å². The first-order valence-corrected chi connectivity index (χ1v) is 17.8. The second kappa shape index (κ2) is 17.1. The third-order valence-corrected chi connectivity index (χ3v) is 9.87. The van der Waals surface area contributed by atoms with Gasteiger partial charge in [0, 0.05) is 42.6 Å². The van der Waals surface area contributed by atoms with Gasteiger partial charge in [0.1, 0.15) is 24.2 Å². The zero-order valence-corrected chi connectivity index (χ0v) is 29.7. The van der Waals surface area contributed by atoms with E-state index in [1.165, 1.54) is 29.2 Å². The van der Waals surface area contributed by atoms with Crippen molar-refractivity contribution in [2.75, 3.05) is 19.6 Å². The van der Waals surface area contributed by atoms with Crippen LogP contribution in [0.2, 0.25) is 0 Å². The largest absolute Gasteiger partial charge is 0.480 e. The van der Waals surface area contributed by atoms with Crippen molar-refractivity contribution in [1.29, 1.82) is 0 Å². The number of primary amides is 2. The third kappa shape index (κ3) is 9.02. The van der Waals surface area contributed by atoms with Gasteiger partial charge in [0.15, 0.2) is 0 Å². The maximum Gasteiger partial charge on any atom is 0.326 e. The first-order chi connectivity index (χ1) is 26.2. The first kappa shape index (κ1) is 39.7. The zero-order chi connectivity index (χ0) is 40.0. The van der Waals surface area contributed by atoms with Crippen molar-refractivity contribution in [3.05, 3.63) is 59.2 Å². The molecule has 0 spiro atoms. The number of carbonyl (C=O) groups is 10. The van der Waals surface area contributed by atoms with Crippen molar-refractivity contribution in [2.24, 2.45) is 11.5 Å². The fraction of sp³-hybridized carbons (Fsp3) is 0.405. The predicted octanol–water partition coefficient (Wildman–Crippen LogP) is -0.970. The molecule has 8 N–H and O–H groups in total. The summed E-state index contributed by atoms with van der Waals surface area (Å²) in [7, 11) is 0. The molecule has 2 fully saturated rings. The molecule has 0 aromatic heterocycles. The number of carbonyl (C=O) groups excluding carboxylic acids is 9. The summed E-state index contributed by atoms with van der Waals surface area (Å²) in [4.78, 5) is 130. The number of Topliss-reactive ketones (excluding diaryl/α,β-unsaturated/α-hetero) is 2. The van der Waals surface area contributed by atoms with Crippen LogP contribution in [-0.2, 0) is 33.6 Å². The molecule has 0 bridgehead atoms. The Bertz CT molecular complexity index is 1960. The first-order valence-electron chi connectivity index (χ1n) is 17.8. The molecule has 0 unspecified atom stereocenters. The van der Waals surface area contributed by atoms with E-state index in [4.69, 9.17) is 11.5 Å². The van der Waals surface area contributed by atoms with Crippen LogP contribution < -0.4 is 27.4 Å². The van der Waals surface area contributed by atoms with Crippen molar-refractivity contribution in [2.45, 2.75) is 75.5 Å². The van der Waals surface area contributed by atoms with Gasteiger partial charge in [-0.2, -0.15) is 0 Å². The summed E-state index contributed by atoms with van der Waals surface area (Å²) in [5.41, 5.74) is 11.9. The molecular formula is C37H41N7O11. The van der Waals surface area contributed by atoms with E-state index in [1.54, 1.807) is 18.2 Å². The molecule has 18 nitrogen and oxygen atoms in total. The SMILES string of the molecule is NC(=O)CC[C@H](NC(=O)[C@@H]1CCCN1C(=O)[C@H](CCC(N)=O)NC(=O)CNC(=O)c1ccc2c(c1)-c1ccccc1C(=O)C2=O)C(=O)N1CCC[C@H]1C(=O)O. The van der Waals surface area contributed by atoms with Gasteiger partial charge >= 0.3 is 5.97 Å². The molecule has 2 aromatic rings. The minimum atomic E-state index is -1.35. The molecule has 4 atom stereocenters. The van der Waals surface area contributed by atoms with Crippen molar-refractivity contribution >= 4 is 58.9 Å². The summed E-state index contributed by atoms with van der Waals surface area (Å²) in [6.07, 6.45) is 0.162. The summed E-state index contributed by atoms with van der Waals surface area (Å²) in [6.45, 7) is -0.384. The van der Waals surface area contributed by atoms with Gasteiger partial charge in [-0.1, -0.05) is 24.3 Å². The number of hydrogen-bond donors (Lipinski definition) is 6. The van der Waals surface area contributed by atoms with Crippen LogP contribution in [0.1, 0.15) is 82.4 Å². The van der Waals surface area contributed by atoms with Gasteiger partial charge in [0.2, 0.25) is 47.0 Å². The molecule has 18 heteroatoms. The number of nitrogens with one attached hydrogen (secondary N) is 3. The number of carboxylic acid groups (broad SMARTS) is 1. The van der Waals surface area contributed by atoms with Gasteiger partial charge in [-0.05, 0) is 67.9 Å². The molecule has 5 rings (SSSR count). The molecule has 2 aromatic carbocycles. The van der Waals surface area contributed by atoms with Crippen LogP contribution >= 0.6 is 0 Å². The van der Waals surface area contributed by atoms with Crippen LogP contribution in [0.5, 0.6) is 0 Å². The van der Waals surface area contributed by atoms with Crippen LogP contribution in [0, 0.1) is 0 Å². The van der Waals surface area contributed by atoms with Crippen molar-refractivity contribution in [1.82, 2.24) is 25.8 Å². The average Bonchev–Trinajstić information content (AvgIpc) is 3.86. The van der Waals surface area contributed by atoms with Crippen molar-refractivity contribution in [3.8, 4) is 11.1 Å². The summed E-state index contributed by atoms with van der Waals surface area (Å²) in [5, 5.41) is 17.1. The topological polar surface area (TPSA) is 286 Å². The maximum atomic E-state index is 13.9. The molecule has 0 radical (unpaired) electrons. The quantitative estimate of drug-likeness (QED) is 0.120. The smallest absolute Gasteiger partial charge is 0.326 e. The molecule has 3 aliphatic rings. The normalized spacial score (nSPS) is 18.4. The minimum absolute atomic E-state index is 0.0826. The van der Waals surface area contributed by atoms with Gasteiger partial charge in [0.05, 0.1) is 6.54 Å². The minimum Gasteiger partial charge on any atom is -0.480 e. The van der Waals surface area contributed by atoms with E-state index in [9.17, 15) is 53.1 Å². The van der Waals surface area contributed by atoms with E-state index in [0.29, 0.717) is 24.0 Å². The van der Waals surface area contributed by atoms with Gasteiger partial charge in [-0.15, -0.1) is 0 Å². The second-order valence-electron chi connectivity index (χ2n) is 13.6. The highest BCUT2D eigenvalue weighted by Gasteiger charge is 2.41. The van der Waals surface area contributed by atoms with Crippen LogP contribution in [0.15, 0.2) is 42.5 Å². The Morgan fingerprint density at radius 1 is 0.709 bits per heavy atom. The number of fused-ring (bicyclic) bond motifs is 3. The van der Waals surface area contributed by atoms with Crippen molar-refractivity contribution < 1.29 is 53.1 Å². The lowest BCUT2D eigenvalue weighted by atomic mass is 9.83. The number of nitrogens with two attached hydrogens (primary N) is 2.